The minimum Gasteiger partial charge on any atom is -0.316 e. The van der Waals surface area contributed by atoms with Gasteiger partial charge in [-0.25, -0.2) is 0 Å². The van der Waals surface area contributed by atoms with Crippen LogP contribution in [0.5, 0.6) is 0 Å². The van der Waals surface area contributed by atoms with Gasteiger partial charge < -0.3 is 5.32 Å². The van der Waals surface area contributed by atoms with Crippen LogP contribution >= 0.6 is 11.6 Å². The molecule has 1 heterocycles. The highest BCUT2D eigenvalue weighted by molar-refractivity contribution is 6.30. The summed E-state index contributed by atoms with van der Waals surface area (Å²) in [5, 5.41) is 4.19. The molecular weight excluding hydrogens is 194 g/mol. The van der Waals surface area contributed by atoms with Crippen molar-refractivity contribution in [2.24, 2.45) is 0 Å². The molecule has 1 N–H and O–H groups in total. The molecule has 0 spiro atoms. The number of nitrogens with one attached hydrogen (secondary N) is 1. The van der Waals surface area contributed by atoms with Crippen molar-refractivity contribution in [3.8, 4) is 0 Å². The van der Waals surface area contributed by atoms with E-state index < -0.39 is 0 Å². The Bertz CT molecular complexity index is 327. The second-order valence-corrected chi connectivity index (χ2v) is 3.96. The monoisotopic (exact) mass is 207 g/mol. The van der Waals surface area contributed by atoms with Crippen molar-refractivity contribution in [2.45, 2.75) is 12.8 Å². The molecule has 1 aliphatic heterocycles. The van der Waals surface area contributed by atoms with Gasteiger partial charge in [-0.15, -0.1) is 0 Å². The Morgan fingerprint density at radius 2 is 1.86 bits per heavy atom. The first-order chi connectivity index (χ1) is 6.86. The quantitative estimate of drug-likeness (QED) is 0.746. The smallest absolute Gasteiger partial charge is 0.0406 e. The maximum atomic E-state index is 5.85. The summed E-state index contributed by atoms with van der Waals surface area (Å²) >= 11 is 5.85. The second kappa shape index (κ2) is 4.63. The van der Waals surface area contributed by atoms with Crippen molar-refractivity contribution < 1.29 is 0 Å². The highest BCUT2D eigenvalue weighted by Crippen LogP contribution is 2.21. The number of hydrogen-bond acceptors (Lipinski definition) is 1. The Hall–Kier alpha value is -0.790. The van der Waals surface area contributed by atoms with Crippen molar-refractivity contribution in [1.29, 1.82) is 0 Å². The molecule has 0 radical (unpaired) electrons. The molecule has 14 heavy (non-hydrogen) atoms. The Labute approximate surface area is 89.8 Å². The maximum Gasteiger partial charge on any atom is 0.0406 e. The fraction of sp³-hybridized carbons (Fsp3) is 0.333. The van der Waals surface area contributed by atoms with Gasteiger partial charge in [-0.1, -0.05) is 29.8 Å². The highest BCUT2D eigenvalue weighted by atomic mass is 35.5. The molecule has 0 atom stereocenters. The van der Waals surface area contributed by atoms with E-state index in [4.69, 9.17) is 11.6 Å². The molecule has 0 saturated heterocycles. The van der Waals surface area contributed by atoms with E-state index in [2.05, 4.69) is 23.5 Å². The SMILES string of the molecule is Clc1ccc(C2=CCCNCC2)cc1. The molecule has 0 aromatic heterocycles. The summed E-state index contributed by atoms with van der Waals surface area (Å²) in [5.74, 6) is 0. The standard InChI is InChI=1S/C12H14ClN/c13-12-5-3-11(4-6-12)10-2-1-8-14-9-7-10/h2-6,14H,1,7-9H2. The van der Waals surface area contributed by atoms with E-state index in [1.165, 1.54) is 11.1 Å². The van der Waals surface area contributed by atoms with Crippen LogP contribution in [0, 0.1) is 0 Å². The van der Waals surface area contributed by atoms with E-state index in [1.54, 1.807) is 0 Å². The maximum absolute atomic E-state index is 5.85. The number of halogens is 1. The third kappa shape index (κ3) is 2.37. The van der Waals surface area contributed by atoms with Gasteiger partial charge in [-0.3, -0.25) is 0 Å². The lowest BCUT2D eigenvalue weighted by molar-refractivity contribution is 0.718. The van der Waals surface area contributed by atoms with Gasteiger partial charge in [0.1, 0.15) is 0 Å². The van der Waals surface area contributed by atoms with Gasteiger partial charge in [-0.2, -0.15) is 0 Å². The number of hydrogen-bond donors (Lipinski definition) is 1. The largest absolute Gasteiger partial charge is 0.316 e. The van der Waals surface area contributed by atoms with Crippen molar-refractivity contribution in [3.63, 3.8) is 0 Å². The summed E-state index contributed by atoms with van der Waals surface area (Å²) in [6.45, 7) is 2.17. The molecule has 1 aliphatic rings. The summed E-state index contributed by atoms with van der Waals surface area (Å²) < 4.78 is 0. The van der Waals surface area contributed by atoms with E-state index >= 15 is 0 Å². The van der Waals surface area contributed by atoms with Crippen molar-refractivity contribution in [1.82, 2.24) is 5.32 Å². The first kappa shape index (κ1) is 9.75. The Kier molecular flexibility index (Phi) is 3.22. The van der Waals surface area contributed by atoms with E-state index in [0.29, 0.717) is 0 Å². The topological polar surface area (TPSA) is 12.0 Å². The first-order valence-electron chi connectivity index (χ1n) is 5.02. The van der Waals surface area contributed by atoms with E-state index in [9.17, 15) is 0 Å². The van der Waals surface area contributed by atoms with Crippen LogP contribution in [-0.4, -0.2) is 13.1 Å². The lowest BCUT2D eigenvalue weighted by atomic mass is 10.0. The predicted molar refractivity (Wildman–Crippen MR) is 61.5 cm³/mol. The first-order valence-corrected chi connectivity index (χ1v) is 5.40. The molecule has 2 rings (SSSR count). The summed E-state index contributed by atoms with van der Waals surface area (Å²) in [6.07, 6.45) is 4.56. The van der Waals surface area contributed by atoms with Gasteiger partial charge in [0, 0.05) is 5.02 Å². The van der Waals surface area contributed by atoms with Crippen LogP contribution in [0.4, 0.5) is 0 Å². The van der Waals surface area contributed by atoms with E-state index in [1.807, 2.05) is 12.1 Å². The summed E-state index contributed by atoms with van der Waals surface area (Å²) in [6, 6.07) is 8.10. The molecule has 0 bridgehead atoms. The molecule has 0 unspecified atom stereocenters. The zero-order chi connectivity index (χ0) is 9.80. The van der Waals surface area contributed by atoms with Crippen LogP contribution in [0.2, 0.25) is 5.02 Å². The average molecular weight is 208 g/mol. The van der Waals surface area contributed by atoms with Crippen LogP contribution in [0.1, 0.15) is 18.4 Å². The fourth-order valence-corrected chi connectivity index (χ4v) is 1.85. The molecule has 1 aromatic rings. The second-order valence-electron chi connectivity index (χ2n) is 3.52. The zero-order valence-corrected chi connectivity index (χ0v) is 8.85. The number of rotatable bonds is 1. The summed E-state index contributed by atoms with van der Waals surface area (Å²) in [5.41, 5.74) is 2.74. The number of benzene rings is 1. The van der Waals surface area contributed by atoms with Crippen LogP contribution in [0.15, 0.2) is 30.3 Å². The van der Waals surface area contributed by atoms with E-state index in [-0.39, 0.29) is 0 Å². The van der Waals surface area contributed by atoms with Crippen molar-refractivity contribution >= 4 is 17.2 Å². The Morgan fingerprint density at radius 3 is 2.64 bits per heavy atom. The molecule has 0 saturated carbocycles. The molecule has 1 aromatic carbocycles. The van der Waals surface area contributed by atoms with Gasteiger partial charge in [0.15, 0.2) is 0 Å². The van der Waals surface area contributed by atoms with Crippen LogP contribution in [0.25, 0.3) is 5.57 Å². The summed E-state index contributed by atoms with van der Waals surface area (Å²) in [4.78, 5) is 0. The van der Waals surface area contributed by atoms with Gasteiger partial charge in [0.05, 0.1) is 0 Å². The van der Waals surface area contributed by atoms with Gasteiger partial charge in [-0.05, 0) is 49.2 Å². The van der Waals surface area contributed by atoms with Crippen LogP contribution in [0.3, 0.4) is 0 Å². The zero-order valence-electron chi connectivity index (χ0n) is 8.09. The lowest BCUT2D eigenvalue weighted by Crippen LogP contribution is -2.13. The van der Waals surface area contributed by atoms with E-state index in [0.717, 1.165) is 31.0 Å². The lowest BCUT2D eigenvalue weighted by Gasteiger charge is -2.05. The molecule has 0 aliphatic carbocycles. The molecule has 0 amide bonds. The third-order valence-electron chi connectivity index (χ3n) is 2.50. The van der Waals surface area contributed by atoms with Gasteiger partial charge >= 0.3 is 0 Å². The van der Waals surface area contributed by atoms with Gasteiger partial charge in [0.25, 0.3) is 0 Å². The normalized spacial score (nSPS) is 17.4. The molecule has 2 heteroatoms. The minimum absolute atomic E-state index is 0.807. The molecule has 1 nitrogen and oxygen atoms in total. The Morgan fingerprint density at radius 1 is 1.07 bits per heavy atom. The average Bonchev–Trinajstić information content (AvgIpc) is 2.47. The van der Waals surface area contributed by atoms with Gasteiger partial charge in [0.2, 0.25) is 0 Å². The third-order valence-corrected chi connectivity index (χ3v) is 2.75. The highest BCUT2D eigenvalue weighted by Gasteiger charge is 2.04. The van der Waals surface area contributed by atoms with Crippen molar-refractivity contribution in [3.05, 3.63) is 40.9 Å². The van der Waals surface area contributed by atoms with Crippen molar-refractivity contribution in [2.75, 3.05) is 13.1 Å². The molecule has 0 fully saturated rings. The Balaban J connectivity index is 2.20. The minimum atomic E-state index is 0.807. The van der Waals surface area contributed by atoms with Crippen LogP contribution < -0.4 is 5.32 Å². The predicted octanol–water partition coefficient (Wildman–Crippen LogP) is 3.11. The molecular formula is C12H14ClN. The molecule has 74 valence electrons. The fourth-order valence-electron chi connectivity index (χ4n) is 1.72. The van der Waals surface area contributed by atoms with Crippen LogP contribution in [-0.2, 0) is 0 Å². The summed E-state index contributed by atoms with van der Waals surface area (Å²) in [7, 11) is 0.